The zero-order chi connectivity index (χ0) is 27.0. The van der Waals surface area contributed by atoms with Crippen LogP contribution in [0.2, 0.25) is 0 Å². The monoisotopic (exact) mass is 526 g/mol. The van der Waals surface area contributed by atoms with E-state index in [1.54, 1.807) is 29.4 Å². The van der Waals surface area contributed by atoms with E-state index in [0.717, 1.165) is 33.6 Å². The SMILES string of the molecule is N[C@@H](Cc1cccc(F)c1)C(=O)N1CCOCCOc2ccc(-c3cncnc3)cc2Cc2cccc(c2)C1. The van der Waals surface area contributed by atoms with Gasteiger partial charge in [0.15, 0.2) is 0 Å². The van der Waals surface area contributed by atoms with Crippen molar-refractivity contribution in [1.82, 2.24) is 14.9 Å². The van der Waals surface area contributed by atoms with Gasteiger partial charge in [-0.2, -0.15) is 0 Å². The van der Waals surface area contributed by atoms with Crippen molar-refractivity contribution < 1.29 is 18.7 Å². The lowest BCUT2D eigenvalue weighted by molar-refractivity contribution is -0.134. The number of nitrogens with two attached hydrogens (primary N) is 1. The maximum Gasteiger partial charge on any atom is 0.240 e. The third-order valence-electron chi connectivity index (χ3n) is 6.68. The highest BCUT2D eigenvalue weighted by Crippen LogP contribution is 2.28. The Bertz CT molecular complexity index is 1420. The average molecular weight is 527 g/mol. The molecule has 0 aliphatic carbocycles. The molecule has 0 saturated heterocycles. The first-order valence-corrected chi connectivity index (χ1v) is 13.0. The molecule has 1 atom stereocenters. The lowest BCUT2D eigenvalue weighted by atomic mass is 9.98. The fraction of sp³-hybridized carbons (Fsp3) is 0.258. The summed E-state index contributed by atoms with van der Waals surface area (Å²) in [7, 11) is 0. The fourth-order valence-electron chi connectivity index (χ4n) is 4.76. The largest absolute Gasteiger partial charge is 0.491 e. The summed E-state index contributed by atoms with van der Waals surface area (Å²) in [6.45, 7) is 1.90. The Balaban J connectivity index is 1.38. The molecule has 2 bridgehead atoms. The highest BCUT2D eigenvalue weighted by atomic mass is 19.1. The van der Waals surface area contributed by atoms with Gasteiger partial charge in [0.25, 0.3) is 0 Å². The lowest BCUT2D eigenvalue weighted by Crippen LogP contribution is -2.45. The van der Waals surface area contributed by atoms with Gasteiger partial charge in [-0.1, -0.05) is 42.5 Å². The molecule has 0 saturated carbocycles. The van der Waals surface area contributed by atoms with E-state index in [0.29, 0.717) is 44.9 Å². The zero-order valence-corrected chi connectivity index (χ0v) is 21.6. The van der Waals surface area contributed by atoms with E-state index in [9.17, 15) is 9.18 Å². The molecule has 8 heteroatoms. The molecule has 5 rings (SSSR count). The molecular formula is C31H31FN4O3. The highest BCUT2D eigenvalue weighted by Gasteiger charge is 2.22. The molecule has 1 aromatic heterocycles. The van der Waals surface area contributed by atoms with Crippen LogP contribution in [0.5, 0.6) is 5.75 Å². The fourth-order valence-corrected chi connectivity index (χ4v) is 4.76. The molecular weight excluding hydrogens is 495 g/mol. The van der Waals surface area contributed by atoms with Crippen molar-refractivity contribution in [3.05, 3.63) is 114 Å². The number of carbonyl (C=O) groups excluding carboxylic acids is 1. The molecule has 39 heavy (non-hydrogen) atoms. The normalized spacial score (nSPS) is 15.0. The smallest absolute Gasteiger partial charge is 0.240 e. The van der Waals surface area contributed by atoms with Crippen LogP contribution in [0.25, 0.3) is 11.1 Å². The summed E-state index contributed by atoms with van der Waals surface area (Å²) in [5.74, 6) is 0.266. The number of benzene rings is 3. The van der Waals surface area contributed by atoms with Gasteiger partial charge in [0.2, 0.25) is 5.91 Å². The van der Waals surface area contributed by atoms with Crippen molar-refractivity contribution >= 4 is 5.91 Å². The molecule has 0 unspecified atom stereocenters. The summed E-state index contributed by atoms with van der Waals surface area (Å²) in [6.07, 6.45) is 6.00. The van der Waals surface area contributed by atoms with Gasteiger partial charge < -0.3 is 20.1 Å². The molecule has 2 N–H and O–H groups in total. The number of rotatable bonds is 4. The van der Waals surface area contributed by atoms with E-state index >= 15 is 0 Å². The van der Waals surface area contributed by atoms with Crippen LogP contribution >= 0.6 is 0 Å². The lowest BCUT2D eigenvalue weighted by Gasteiger charge is -2.26. The first-order valence-electron chi connectivity index (χ1n) is 13.0. The van der Waals surface area contributed by atoms with E-state index in [2.05, 4.69) is 28.2 Å². The topological polar surface area (TPSA) is 90.6 Å². The van der Waals surface area contributed by atoms with Gasteiger partial charge in [0.1, 0.15) is 24.5 Å². The molecule has 3 aromatic carbocycles. The van der Waals surface area contributed by atoms with Crippen LogP contribution in [0.15, 0.2) is 85.5 Å². The molecule has 0 radical (unpaired) electrons. The maximum absolute atomic E-state index is 13.6. The van der Waals surface area contributed by atoms with Gasteiger partial charge in [-0.05, 0) is 58.5 Å². The predicted octanol–water partition coefficient (Wildman–Crippen LogP) is 4.18. The van der Waals surface area contributed by atoms with E-state index in [1.165, 1.54) is 18.5 Å². The quantitative estimate of drug-likeness (QED) is 0.429. The minimum atomic E-state index is -0.788. The van der Waals surface area contributed by atoms with Crippen LogP contribution in [-0.2, 0) is 28.9 Å². The summed E-state index contributed by atoms with van der Waals surface area (Å²) in [4.78, 5) is 23.4. The number of aromatic nitrogens is 2. The molecule has 1 aliphatic heterocycles. The van der Waals surface area contributed by atoms with Crippen molar-refractivity contribution in [3.8, 4) is 16.9 Å². The second-order valence-corrected chi connectivity index (χ2v) is 9.61. The summed E-state index contributed by atoms with van der Waals surface area (Å²) in [5, 5.41) is 0. The number of hydrogen-bond acceptors (Lipinski definition) is 6. The third kappa shape index (κ3) is 7.04. The Morgan fingerprint density at radius 3 is 2.62 bits per heavy atom. The van der Waals surface area contributed by atoms with Gasteiger partial charge in [0, 0.05) is 37.5 Å². The number of fused-ring (bicyclic) bond motifs is 3. The van der Waals surface area contributed by atoms with Crippen LogP contribution in [0.4, 0.5) is 4.39 Å². The van der Waals surface area contributed by atoms with E-state index < -0.39 is 6.04 Å². The highest BCUT2D eigenvalue weighted by molar-refractivity contribution is 5.82. The molecule has 0 spiro atoms. The molecule has 2 heterocycles. The van der Waals surface area contributed by atoms with Gasteiger partial charge >= 0.3 is 0 Å². The van der Waals surface area contributed by atoms with Gasteiger partial charge in [-0.3, -0.25) is 4.79 Å². The molecule has 0 fully saturated rings. The second kappa shape index (κ2) is 12.6. The first-order chi connectivity index (χ1) is 19.0. The molecule has 200 valence electrons. The number of halogens is 1. The number of amides is 1. The second-order valence-electron chi connectivity index (χ2n) is 9.61. The number of nitrogens with zero attached hydrogens (tertiary/aromatic N) is 3. The van der Waals surface area contributed by atoms with Crippen LogP contribution in [0, 0.1) is 5.82 Å². The van der Waals surface area contributed by atoms with Crippen molar-refractivity contribution in [3.63, 3.8) is 0 Å². The molecule has 4 aromatic rings. The van der Waals surface area contributed by atoms with E-state index in [4.69, 9.17) is 15.2 Å². The Morgan fingerprint density at radius 1 is 0.949 bits per heavy atom. The Labute approximate surface area is 227 Å². The summed E-state index contributed by atoms with van der Waals surface area (Å²) in [6, 6.07) is 19.7. The average Bonchev–Trinajstić information content (AvgIpc) is 2.94. The van der Waals surface area contributed by atoms with Crippen molar-refractivity contribution in [1.29, 1.82) is 0 Å². The van der Waals surface area contributed by atoms with Crippen molar-refractivity contribution in [2.75, 3.05) is 26.4 Å². The Hall–Kier alpha value is -4.14. The molecule has 7 nitrogen and oxygen atoms in total. The first kappa shape index (κ1) is 26.5. The van der Waals surface area contributed by atoms with Gasteiger partial charge in [0.05, 0.1) is 19.3 Å². The van der Waals surface area contributed by atoms with Crippen LogP contribution in [-0.4, -0.2) is 53.2 Å². The van der Waals surface area contributed by atoms with E-state index in [-0.39, 0.29) is 18.1 Å². The van der Waals surface area contributed by atoms with Gasteiger partial charge in [-0.25, -0.2) is 14.4 Å². The number of ether oxygens (including phenoxy) is 2. The maximum atomic E-state index is 13.6. The van der Waals surface area contributed by atoms with Crippen molar-refractivity contribution in [2.24, 2.45) is 5.73 Å². The Kier molecular flexibility index (Phi) is 8.55. The van der Waals surface area contributed by atoms with Crippen LogP contribution in [0.3, 0.4) is 0 Å². The standard InChI is InChI=1S/C31H31FN4O3/c32-28-6-2-4-23(15-28)16-29(33)31(37)36-9-10-38-11-12-39-30-8-7-25(27-18-34-21-35-19-27)17-26(30)14-22-3-1-5-24(13-22)20-36/h1-8,13,15,17-19,21,29H,9-12,14,16,20,33H2/t29-/m0/s1. The molecule has 1 aliphatic rings. The minimum Gasteiger partial charge on any atom is -0.491 e. The summed E-state index contributed by atoms with van der Waals surface area (Å²) >= 11 is 0. The predicted molar refractivity (Wildman–Crippen MR) is 147 cm³/mol. The molecule has 1 amide bonds. The minimum absolute atomic E-state index is 0.198. The van der Waals surface area contributed by atoms with Crippen LogP contribution < -0.4 is 10.5 Å². The summed E-state index contributed by atoms with van der Waals surface area (Å²) < 4.78 is 25.5. The number of hydrogen-bond donors (Lipinski definition) is 1. The third-order valence-corrected chi connectivity index (χ3v) is 6.68. The number of carbonyl (C=O) groups is 1. The van der Waals surface area contributed by atoms with Crippen LogP contribution in [0.1, 0.15) is 22.3 Å². The van der Waals surface area contributed by atoms with E-state index in [1.807, 2.05) is 24.3 Å². The zero-order valence-electron chi connectivity index (χ0n) is 21.6. The Morgan fingerprint density at radius 2 is 1.77 bits per heavy atom. The van der Waals surface area contributed by atoms with Gasteiger partial charge in [-0.15, -0.1) is 0 Å². The summed E-state index contributed by atoms with van der Waals surface area (Å²) in [5.41, 5.74) is 12.1. The van der Waals surface area contributed by atoms with Crippen molar-refractivity contribution in [2.45, 2.75) is 25.4 Å².